The summed E-state index contributed by atoms with van der Waals surface area (Å²) in [5.74, 6) is 1.45. The van der Waals surface area contributed by atoms with Crippen LogP contribution in [0.3, 0.4) is 0 Å². The number of aromatic nitrogens is 4. The highest BCUT2D eigenvalue weighted by molar-refractivity contribution is 7.16. The molecule has 0 aliphatic carbocycles. The zero-order valence-corrected chi connectivity index (χ0v) is 14.6. The van der Waals surface area contributed by atoms with Crippen LogP contribution in [0, 0.1) is 0 Å². The van der Waals surface area contributed by atoms with E-state index in [4.69, 9.17) is 9.47 Å². The monoisotopic (exact) mass is 366 g/mol. The van der Waals surface area contributed by atoms with E-state index in [9.17, 15) is 4.79 Å². The Morgan fingerprint density at radius 1 is 1.00 bits per heavy atom. The number of hydrogen-bond donors (Lipinski definition) is 0. The molecule has 0 spiro atoms. The summed E-state index contributed by atoms with van der Waals surface area (Å²) >= 11 is 1.27. The maximum Gasteiger partial charge on any atom is 0.302 e. The minimum absolute atomic E-state index is 0.237. The Bertz CT molecular complexity index is 1090. The fourth-order valence-electron chi connectivity index (χ4n) is 2.41. The van der Waals surface area contributed by atoms with Crippen molar-refractivity contribution in [2.24, 2.45) is 0 Å². The number of ether oxygens (including phenoxy) is 2. The number of nitrogens with zero attached hydrogens (tertiary/aromatic N) is 4. The van der Waals surface area contributed by atoms with Gasteiger partial charge in [-0.2, -0.15) is 9.61 Å². The van der Waals surface area contributed by atoms with Gasteiger partial charge in [-0.15, -0.1) is 10.2 Å². The van der Waals surface area contributed by atoms with Gasteiger partial charge in [-0.05, 0) is 24.3 Å². The van der Waals surface area contributed by atoms with E-state index in [0.717, 1.165) is 5.75 Å². The van der Waals surface area contributed by atoms with Crippen LogP contribution in [-0.4, -0.2) is 26.9 Å². The smallest absolute Gasteiger partial charge is 0.302 e. The number of methoxy groups -OCH3 is 1. The fraction of sp³-hybridized carbons (Fsp3) is 0.111. The molecular weight excluding hydrogens is 352 g/mol. The van der Waals surface area contributed by atoms with E-state index in [0.29, 0.717) is 21.3 Å². The molecule has 2 aromatic heterocycles. The van der Waals surface area contributed by atoms with Crippen LogP contribution in [0.25, 0.3) is 16.2 Å². The molecule has 26 heavy (non-hydrogen) atoms. The second-order valence-electron chi connectivity index (χ2n) is 5.37. The molecule has 0 atom stereocenters. The fourth-order valence-corrected chi connectivity index (χ4v) is 3.15. The van der Waals surface area contributed by atoms with E-state index >= 15 is 0 Å². The molecule has 0 unspecified atom stereocenters. The summed E-state index contributed by atoms with van der Waals surface area (Å²) in [6.45, 7) is 0.237. The third kappa shape index (κ3) is 3.14. The van der Waals surface area contributed by atoms with Crippen LogP contribution in [0.2, 0.25) is 0 Å². The quantitative estimate of drug-likeness (QED) is 0.540. The van der Waals surface area contributed by atoms with Crippen molar-refractivity contribution < 1.29 is 9.47 Å². The summed E-state index contributed by atoms with van der Waals surface area (Å²) in [5.41, 5.74) is 0.688. The van der Waals surface area contributed by atoms with E-state index in [1.807, 2.05) is 54.6 Å². The molecule has 2 aromatic carbocycles. The Kier molecular flexibility index (Phi) is 4.32. The Labute approximate surface area is 152 Å². The van der Waals surface area contributed by atoms with Crippen molar-refractivity contribution in [2.75, 3.05) is 7.11 Å². The molecule has 0 aliphatic heterocycles. The lowest BCUT2D eigenvalue weighted by Gasteiger charge is -2.04. The summed E-state index contributed by atoms with van der Waals surface area (Å²) in [6, 6.07) is 16.5. The minimum Gasteiger partial charge on any atom is -0.497 e. The highest BCUT2D eigenvalue weighted by Gasteiger charge is 2.13. The molecule has 0 radical (unpaired) electrons. The molecule has 2 heterocycles. The molecule has 0 saturated heterocycles. The van der Waals surface area contributed by atoms with Gasteiger partial charge in [0.15, 0.2) is 10.7 Å². The molecule has 130 valence electrons. The van der Waals surface area contributed by atoms with Crippen molar-refractivity contribution in [3.63, 3.8) is 0 Å². The first-order valence-electron chi connectivity index (χ1n) is 7.82. The zero-order chi connectivity index (χ0) is 17.9. The van der Waals surface area contributed by atoms with Gasteiger partial charge in [0.1, 0.15) is 18.1 Å². The van der Waals surface area contributed by atoms with Gasteiger partial charge < -0.3 is 9.47 Å². The lowest BCUT2D eigenvalue weighted by Crippen LogP contribution is -2.19. The third-order valence-corrected chi connectivity index (χ3v) is 4.57. The predicted octanol–water partition coefficient (Wildman–Crippen LogP) is 2.80. The first-order chi connectivity index (χ1) is 12.7. The summed E-state index contributed by atoms with van der Waals surface area (Å²) in [5, 5.41) is 13.1. The highest BCUT2D eigenvalue weighted by Crippen LogP contribution is 2.20. The Balaban J connectivity index is 1.59. The molecule has 0 saturated carbocycles. The molecule has 0 bridgehead atoms. The highest BCUT2D eigenvalue weighted by atomic mass is 32.1. The van der Waals surface area contributed by atoms with Crippen LogP contribution < -0.4 is 15.0 Å². The topological polar surface area (TPSA) is 78.6 Å². The maximum absolute atomic E-state index is 12.6. The maximum atomic E-state index is 12.6. The molecule has 0 amide bonds. The van der Waals surface area contributed by atoms with Crippen molar-refractivity contribution in [2.45, 2.75) is 6.61 Å². The lowest BCUT2D eigenvalue weighted by molar-refractivity contribution is 0.303. The van der Waals surface area contributed by atoms with Crippen LogP contribution in [-0.2, 0) is 6.61 Å². The van der Waals surface area contributed by atoms with Gasteiger partial charge >= 0.3 is 5.56 Å². The number of rotatable bonds is 5. The van der Waals surface area contributed by atoms with E-state index in [2.05, 4.69) is 15.3 Å². The first kappa shape index (κ1) is 16.2. The zero-order valence-electron chi connectivity index (χ0n) is 13.8. The molecule has 4 rings (SSSR count). The average Bonchev–Trinajstić information content (AvgIpc) is 3.12. The summed E-state index contributed by atoms with van der Waals surface area (Å²) in [6.07, 6.45) is 0. The van der Waals surface area contributed by atoms with Gasteiger partial charge in [-0.1, -0.05) is 41.7 Å². The lowest BCUT2D eigenvalue weighted by atomic mass is 10.2. The Hall–Kier alpha value is -3.26. The van der Waals surface area contributed by atoms with Gasteiger partial charge in [-0.25, -0.2) is 0 Å². The Morgan fingerprint density at radius 2 is 1.73 bits per heavy atom. The van der Waals surface area contributed by atoms with Gasteiger partial charge in [-0.3, -0.25) is 4.79 Å². The third-order valence-electron chi connectivity index (χ3n) is 3.70. The van der Waals surface area contributed by atoms with E-state index < -0.39 is 0 Å². The van der Waals surface area contributed by atoms with Crippen molar-refractivity contribution >= 4 is 16.3 Å². The van der Waals surface area contributed by atoms with Gasteiger partial charge in [0.2, 0.25) is 4.96 Å². The minimum atomic E-state index is -0.298. The van der Waals surface area contributed by atoms with Crippen molar-refractivity contribution in [1.82, 2.24) is 19.8 Å². The van der Waals surface area contributed by atoms with E-state index in [-0.39, 0.29) is 17.9 Å². The summed E-state index contributed by atoms with van der Waals surface area (Å²) < 4.78 is 12.1. The normalized spacial score (nSPS) is 10.8. The summed E-state index contributed by atoms with van der Waals surface area (Å²) in [4.78, 5) is 13.1. The molecule has 0 N–H and O–H groups in total. The number of fused-ring (bicyclic) bond motifs is 1. The molecule has 8 heteroatoms. The van der Waals surface area contributed by atoms with Crippen molar-refractivity contribution in [3.05, 3.63) is 70.0 Å². The molecule has 0 fully saturated rings. The van der Waals surface area contributed by atoms with E-state index in [1.165, 1.54) is 15.9 Å². The van der Waals surface area contributed by atoms with Crippen molar-refractivity contribution in [3.8, 4) is 22.8 Å². The summed E-state index contributed by atoms with van der Waals surface area (Å²) in [7, 11) is 1.61. The van der Waals surface area contributed by atoms with E-state index in [1.54, 1.807) is 7.11 Å². The van der Waals surface area contributed by atoms with Crippen LogP contribution in [0.15, 0.2) is 59.4 Å². The molecule has 7 nitrogen and oxygen atoms in total. The molecular formula is C18H14N4O3S. The number of hydrogen-bond acceptors (Lipinski definition) is 7. The van der Waals surface area contributed by atoms with Gasteiger partial charge in [0, 0.05) is 5.56 Å². The Morgan fingerprint density at radius 3 is 2.46 bits per heavy atom. The average molecular weight is 366 g/mol. The standard InChI is InChI=1S/C18H14N4O3S/c1-24-13-7-9-14(10-8-13)25-11-15-21-22-17(23)16(19-20-18(22)26-15)12-5-3-2-4-6-12/h2-10H,11H2,1H3. The predicted molar refractivity (Wildman–Crippen MR) is 97.7 cm³/mol. The number of benzene rings is 2. The van der Waals surface area contributed by atoms with Crippen LogP contribution in [0.4, 0.5) is 0 Å². The first-order valence-corrected chi connectivity index (χ1v) is 8.64. The van der Waals surface area contributed by atoms with Crippen LogP contribution in [0.5, 0.6) is 11.5 Å². The molecule has 0 aliphatic rings. The van der Waals surface area contributed by atoms with Crippen molar-refractivity contribution in [1.29, 1.82) is 0 Å². The largest absolute Gasteiger partial charge is 0.497 e. The second-order valence-corrected chi connectivity index (χ2v) is 6.41. The van der Waals surface area contributed by atoms with Crippen LogP contribution in [0.1, 0.15) is 5.01 Å². The van der Waals surface area contributed by atoms with Crippen LogP contribution >= 0.6 is 11.3 Å². The SMILES string of the molecule is COc1ccc(OCc2nn3c(=O)c(-c4ccccc4)nnc3s2)cc1. The molecule has 4 aromatic rings. The van der Waals surface area contributed by atoms with Gasteiger partial charge in [0.05, 0.1) is 7.11 Å². The van der Waals surface area contributed by atoms with Gasteiger partial charge in [0.25, 0.3) is 0 Å². The second kappa shape index (κ2) is 6.93.